The van der Waals surface area contributed by atoms with Crippen molar-refractivity contribution in [1.82, 2.24) is 10.2 Å². The summed E-state index contributed by atoms with van der Waals surface area (Å²) in [6.45, 7) is 7.80. The molecule has 2 heteroatoms. The molecule has 3 aliphatic rings. The summed E-state index contributed by atoms with van der Waals surface area (Å²) in [5.41, 5.74) is 0. The van der Waals surface area contributed by atoms with Crippen molar-refractivity contribution >= 4 is 0 Å². The summed E-state index contributed by atoms with van der Waals surface area (Å²) in [7, 11) is 0. The Morgan fingerprint density at radius 1 is 0.882 bits per heavy atom. The highest BCUT2D eigenvalue weighted by atomic mass is 15.1. The molecule has 0 aromatic rings. The Morgan fingerprint density at radius 2 is 1.47 bits per heavy atom. The summed E-state index contributed by atoms with van der Waals surface area (Å²) in [4.78, 5) is 2.82. The number of nitrogens with one attached hydrogen (secondary N) is 1. The smallest absolute Gasteiger partial charge is 0.00418 e. The summed E-state index contributed by atoms with van der Waals surface area (Å²) in [5.74, 6) is 3.09. The van der Waals surface area contributed by atoms with Crippen molar-refractivity contribution in [3.63, 3.8) is 0 Å². The molecule has 1 saturated heterocycles. The van der Waals surface area contributed by atoms with E-state index in [1.54, 1.807) is 0 Å². The minimum Gasteiger partial charge on any atom is -0.314 e. The van der Waals surface area contributed by atoms with E-state index < -0.39 is 0 Å². The van der Waals surface area contributed by atoms with Gasteiger partial charge >= 0.3 is 0 Å². The topological polar surface area (TPSA) is 15.3 Å². The van der Waals surface area contributed by atoms with Gasteiger partial charge in [0.2, 0.25) is 0 Å². The highest BCUT2D eigenvalue weighted by Crippen LogP contribution is 2.34. The minimum atomic E-state index is 0.748. The lowest BCUT2D eigenvalue weighted by Gasteiger charge is -2.33. The van der Waals surface area contributed by atoms with Crippen molar-refractivity contribution in [2.45, 2.75) is 51.5 Å². The van der Waals surface area contributed by atoms with E-state index in [0.29, 0.717) is 0 Å². The number of hydrogen-bond donors (Lipinski definition) is 1. The van der Waals surface area contributed by atoms with E-state index in [-0.39, 0.29) is 0 Å². The molecule has 1 heterocycles. The fourth-order valence-corrected chi connectivity index (χ4v) is 3.32. The van der Waals surface area contributed by atoms with Crippen LogP contribution in [0.15, 0.2) is 0 Å². The largest absolute Gasteiger partial charge is 0.314 e. The van der Waals surface area contributed by atoms with Crippen LogP contribution in [-0.2, 0) is 0 Å². The van der Waals surface area contributed by atoms with E-state index in [1.165, 1.54) is 64.7 Å². The molecule has 2 nitrogen and oxygen atoms in total. The predicted molar refractivity (Wildman–Crippen MR) is 72.1 cm³/mol. The molecule has 0 bridgehead atoms. The van der Waals surface area contributed by atoms with Gasteiger partial charge in [-0.1, -0.05) is 0 Å². The first kappa shape index (κ1) is 12.0. The van der Waals surface area contributed by atoms with Crippen LogP contribution >= 0.6 is 0 Å². The highest BCUT2D eigenvalue weighted by Gasteiger charge is 2.30. The van der Waals surface area contributed by atoms with Gasteiger partial charge in [-0.2, -0.15) is 0 Å². The fraction of sp³-hybridized carbons (Fsp3) is 1.00. The van der Waals surface area contributed by atoms with Gasteiger partial charge in [0.05, 0.1) is 0 Å². The average molecular weight is 236 g/mol. The molecule has 2 atom stereocenters. The zero-order valence-electron chi connectivity index (χ0n) is 11.3. The molecule has 0 aromatic carbocycles. The quantitative estimate of drug-likeness (QED) is 0.762. The summed E-state index contributed by atoms with van der Waals surface area (Å²) < 4.78 is 0. The maximum absolute atomic E-state index is 3.57. The van der Waals surface area contributed by atoms with Gasteiger partial charge in [0.1, 0.15) is 0 Å². The van der Waals surface area contributed by atoms with Crippen molar-refractivity contribution in [1.29, 1.82) is 0 Å². The minimum absolute atomic E-state index is 0.748. The van der Waals surface area contributed by atoms with Gasteiger partial charge in [0.15, 0.2) is 0 Å². The third kappa shape index (κ3) is 3.96. The van der Waals surface area contributed by atoms with Gasteiger partial charge in [0, 0.05) is 25.7 Å². The maximum atomic E-state index is 3.57. The zero-order valence-corrected chi connectivity index (χ0v) is 11.3. The number of hydrogen-bond acceptors (Lipinski definition) is 2. The van der Waals surface area contributed by atoms with Crippen LogP contribution in [0.4, 0.5) is 0 Å². The summed E-state index contributed by atoms with van der Waals surface area (Å²) in [5, 5.41) is 3.57. The van der Waals surface area contributed by atoms with Crippen LogP contribution in [0.5, 0.6) is 0 Å². The summed E-state index contributed by atoms with van der Waals surface area (Å²) >= 11 is 0. The lowest BCUT2D eigenvalue weighted by Crippen LogP contribution is -2.41. The first-order valence-corrected chi connectivity index (χ1v) is 7.75. The molecule has 17 heavy (non-hydrogen) atoms. The Kier molecular flexibility index (Phi) is 3.72. The number of nitrogens with zero attached hydrogens (tertiary/aromatic N) is 1. The van der Waals surface area contributed by atoms with Crippen LogP contribution in [-0.4, -0.2) is 37.1 Å². The summed E-state index contributed by atoms with van der Waals surface area (Å²) in [6, 6.07) is 0.748. The molecule has 1 aliphatic heterocycles. The molecule has 0 aromatic heterocycles. The standard InChI is InChI=1S/C15H28N2/c1-12-8-15(6-7-16-12)11-17(9-13-2-3-13)10-14-4-5-14/h12-16H,2-11H2,1H3. The van der Waals surface area contributed by atoms with Gasteiger partial charge in [0.25, 0.3) is 0 Å². The van der Waals surface area contributed by atoms with E-state index in [2.05, 4.69) is 17.1 Å². The number of piperidine rings is 1. The van der Waals surface area contributed by atoms with E-state index in [9.17, 15) is 0 Å². The Labute approximate surface area is 106 Å². The Balaban J connectivity index is 1.46. The van der Waals surface area contributed by atoms with Crippen LogP contribution in [0.2, 0.25) is 0 Å². The Bertz CT molecular complexity index is 231. The van der Waals surface area contributed by atoms with Crippen LogP contribution in [0.25, 0.3) is 0 Å². The van der Waals surface area contributed by atoms with Crippen molar-refractivity contribution in [2.24, 2.45) is 17.8 Å². The van der Waals surface area contributed by atoms with Gasteiger partial charge in [-0.25, -0.2) is 0 Å². The third-order valence-electron chi connectivity index (χ3n) is 4.68. The molecule has 3 fully saturated rings. The van der Waals surface area contributed by atoms with Gasteiger partial charge in [-0.15, -0.1) is 0 Å². The van der Waals surface area contributed by atoms with E-state index in [0.717, 1.165) is 23.8 Å². The molecule has 0 spiro atoms. The second-order valence-electron chi connectivity index (χ2n) is 6.85. The first-order valence-electron chi connectivity index (χ1n) is 7.75. The monoisotopic (exact) mass is 236 g/mol. The fourth-order valence-electron chi connectivity index (χ4n) is 3.32. The number of rotatable bonds is 6. The molecule has 2 aliphatic carbocycles. The summed E-state index contributed by atoms with van der Waals surface area (Å²) in [6.07, 6.45) is 8.81. The zero-order chi connectivity index (χ0) is 11.7. The molecule has 0 radical (unpaired) electrons. The van der Waals surface area contributed by atoms with E-state index in [4.69, 9.17) is 0 Å². The lowest BCUT2D eigenvalue weighted by atomic mass is 9.92. The maximum Gasteiger partial charge on any atom is 0.00418 e. The molecule has 98 valence electrons. The van der Waals surface area contributed by atoms with Crippen molar-refractivity contribution in [3.8, 4) is 0 Å². The van der Waals surface area contributed by atoms with E-state index >= 15 is 0 Å². The molecule has 2 unspecified atom stereocenters. The average Bonchev–Trinajstić information content (AvgIpc) is 3.13. The van der Waals surface area contributed by atoms with Crippen LogP contribution in [0.3, 0.4) is 0 Å². The van der Waals surface area contributed by atoms with Crippen molar-refractivity contribution in [3.05, 3.63) is 0 Å². The van der Waals surface area contributed by atoms with Crippen LogP contribution < -0.4 is 5.32 Å². The highest BCUT2D eigenvalue weighted by molar-refractivity contribution is 4.85. The SMILES string of the molecule is CC1CC(CN(CC2CC2)CC2CC2)CCN1. The Hall–Kier alpha value is -0.0800. The second-order valence-corrected chi connectivity index (χ2v) is 6.85. The normalized spacial score (nSPS) is 34.2. The van der Waals surface area contributed by atoms with E-state index in [1.807, 2.05) is 0 Å². The molecular formula is C15H28N2. The van der Waals surface area contributed by atoms with Gasteiger partial charge in [-0.3, -0.25) is 0 Å². The molecule has 2 saturated carbocycles. The van der Waals surface area contributed by atoms with Crippen LogP contribution in [0, 0.1) is 17.8 Å². The molecule has 0 amide bonds. The van der Waals surface area contributed by atoms with Crippen molar-refractivity contribution < 1.29 is 0 Å². The lowest BCUT2D eigenvalue weighted by molar-refractivity contribution is 0.180. The van der Waals surface area contributed by atoms with Gasteiger partial charge in [-0.05, 0) is 69.7 Å². The van der Waals surface area contributed by atoms with Crippen molar-refractivity contribution in [2.75, 3.05) is 26.2 Å². The first-order chi connectivity index (χ1) is 8.29. The predicted octanol–water partition coefficient (Wildman–Crippen LogP) is 2.50. The van der Waals surface area contributed by atoms with Gasteiger partial charge < -0.3 is 10.2 Å². The second kappa shape index (κ2) is 5.27. The Morgan fingerprint density at radius 3 is 2.00 bits per heavy atom. The molecular weight excluding hydrogens is 208 g/mol. The molecule has 1 N–H and O–H groups in total. The van der Waals surface area contributed by atoms with Crippen LogP contribution in [0.1, 0.15) is 45.4 Å². The third-order valence-corrected chi connectivity index (χ3v) is 4.68. The molecule has 3 rings (SSSR count).